The van der Waals surface area contributed by atoms with Gasteiger partial charge in [0.2, 0.25) is 0 Å². The smallest absolute Gasteiger partial charge is 0.169 e. The standard InChI is InChI=1S/C22H20O2/c1-2-4-14-24-22-18-10-6-8-16-12-11-15-7-5-9-17(19(15)20(16)18)21(22)23-13-3-1/h5-12H,1-4,13-14H2. The monoisotopic (exact) mass is 316 g/mol. The molecule has 0 aliphatic carbocycles. The average molecular weight is 316 g/mol. The lowest BCUT2D eigenvalue weighted by Crippen LogP contribution is -2.06. The first-order valence-corrected chi connectivity index (χ1v) is 8.88. The molecular weight excluding hydrogens is 296 g/mol. The molecule has 0 fully saturated rings. The molecule has 24 heavy (non-hydrogen) atoms. The summed E-state index contributed by atoms with van der Waals surface area (Å²) in [5.41, 5.74) is 0. The summed E-state index contributed by atoms with van der Waals surface area (Å²) in [5.74, 6) is 1.85. The summed E-state index contributed by atoms with van der Waals surface area (Å²) in [4.78, 5) is 0. The minimum atomic E-state index is 0.761. The molecule has 2 heteroatoms. The van der Waals surface area contributed by atoms with Gasteiger partial charge in [0, 0.05) is 21.5 Å². The summed E-state index contributed by atoms with van der Waals surface area (Å²) in [7, 11) is 0. The molecule has 5 rings (SSSR count). The van der Waals surface area contributed by atoms with Crippen molar-refractivity contribution in [3.63, 3.8) is 0 Å². The van der Waals surface area contributed by atoms with E-state index in [1.165, 1.54) is 45.2 Å². The first kappa shape index (κ1) is 13.9. The maximum absolute atomic E-state index is 6.26. The second-order valence-electron chi connectivity index (χ2n) is 6.64. The molecule has 4 aromatic carbocycles. The molecule has 0 radical (unpaired) electrons. The minimum absolute atomic E-state index is 0.761. The Bertz CT molecular complexity index is 936. The van der Waals surface area contributed by atoms with Crippen LogP contribution in [0.15, 0.2) is 48.5 Å². The zero-order valence-corrected chi connectivity index (χ0v) is 13.7. The van der Waals surface area contributed by atoms with E-state index in [4.69, 9.17) is 9.47 Å². The normalized spacial score (nSPS) is 16.0. The number of benzene rings is 4. The van der Waals surface area contributed by atoms with E-state index in [1.807, 2.05) is 0 Å². The van der Waals surface area contributed by atoms with Gasteiger partial charge >= 0.3 is 0 Å². The lowest BCUT2D eigenvalue weighted by molar-refractivity contribution is 0.249. The number of ether oxygens (including phenoxy) is 2. The molecule has 0 atom stereocenters. The molecule has 1 aliphatic heterocycles. The molecule has 120 valence electrons. The fraction of sp³-hybridized carbons (Fsp3) is 0.273. The van der Waals surface area contributed by atoms with Crippen molar-refractivity contribution in [1.29, 1.82) is 0 Å². The van der Waals surface area contributed by atoms with Gasteiger partial charge in [0.1, 0.15) is 0 Å². The Labute approximate surface area is 141 Å². The topological polar surface area (TPSA) is 18.5 Å². The van der Waals surface area contributed by atoms with E-state index in [0.29, 0.717) is 0 Å². The highest BCUT2D eigenvalue weighted by molar-refractivity contribution is 6.26. The number of hydrogen-bond acceptors (Lipinski definition) is 2. The van der Waals surface area contributed by atoms with Crippen molar-refractivity contribution in [3.05, 3.63) is 48.5 Å². The van der Waals surface area contributed by atoms with Gasteiger partial charge in [0.25, 0.3) is 0 Å². The van der Waals surface area contributed by atoms with Crippen LogP contribution < -0.4 is 9.47 Å². The summed E-state index contributed by atoms with van der Waals surface area (Å²) in [6.07, 6.45) is 4.64. The van der Waals surface area contributed by atoms with Crippen LogP contribution in [0.1, 0.15) is 25.7 Å². The number of fused-ring (bicyclic) bond motifs is 3. The van der Waals surface area contributed by atoms with Crippen molar-refractivity contribution in [2.75, 3.05) is 13.2 Å². The lowest BCUT2D eigenvalue weighted by atomic mass is 9.93. The van der Waals surface area contributed by atoms with Gasteiger partial charge in [-0.25, -0.2) is 0 Å². The van der Waals surface area contributed by atoms with Crippen LogP contribution in [0.2, 0.25) is 0 Å². The predicted molar refractivity (Wildman–Crippen MR) is 99.6 cm³/mol. The lowest BCUT2D eigenvalue weighted by Gasteiger charge is -2.21. The van der Waals surface area contributed by atoms with Gasteiger partial charge in [-0.15, -0.1) is 0 Å². The predicted octanol–water partition coefficient (Wildman–Crippen LogP) is 5.92. The van der Waals surface area contributed by atoms with Gasteiger partial charge < -0.3 is 9.47 Å². The number of rotatable bonds is 0. The largest absolute Gasteiger partial charge is 0.489 e. The molecule has 4 aromatic rings. The second-order valence-corrected chi connectivity index (χ2v) is 6.64. The van der Waals surface area contributed by atoms with Crippen molar-refractivity contribution in [3.8, 4) is 11.5 Å². The molecule has 0 spiro atoms. The fourth-order valence-electron chi connectivity index (χ4n) is 3.97. The third kappa shape index (κ3) is 2.02. The molecule has 0 bridgehead atoms. The quantitative estimate of drug-likeness (QED) is 0.375. The van der Waals surface area contributed by atoms with Gasteiger partial charge in [-0.1, -0.05) is 48.5 Å². The maximum Gasteiger partial charge on any atom is 0.169 e. The van der Waals surface area contributed by atoms with Gasteiger partial charge in [-0.2, -0.15) is 0 Å². The Morgan fingerprint density at radius 1 is 0.542 bits per heavy atom. The number of hydrogen-bond donors (Lipinski definition) is 0. The molecule has 0 N–H and O–H groups in total. The van der Waals surface area contributed by atoms with Gasteiger partial charge in [-0.05, 0) is 36.5 Å². The van der Waals surface area contributed by atoms with Gasteiger partial charge in [-0.3, -0.25) is 0 Å². The Kier molecular flexibility index (Phi) is 3.22. The fourth-order valence-corrected chi connectivity index (χ4v) is 3.97. The Morgan fingerprint density at radius 3 is 1.54 bits per heavy atom. The summed E-state index contributed by atoms with van der Waals surface area (Å²) in [5, 5.41) is 7.47. The van der Waals surface area contributed by atoms with Crippen LogP contribution in [-0.2, 0) is 0 Å². The summed E-state index contributed by atoms with van der Waals surface area (Å²) in [6, 6.07) is 17.3. The molecule has 0 saturated carbocycles. The first-order chi connectivity index (χ1) is 11.9. The molecule has 0 amide bonds. The minimum Gasteiger partial charge on any atom is -0.489 e. The van der Waals surface area contributed by atoms with Crippen LogP contribution >= 0.6 is 0 Å². The Balaban J connectivity index is 1.92. The zero-order valence-electron chi connectivity index (χ0n) is 13.7. The Morgan fingerprint density at radius 2 is 1.04 bits per heavy atom. The van der Waals surface area contributed by atoms with Crippen LogP contribution in [0, 0.1) is 0 Å². The van der Waals surface area contributed by atoms with E-state index in [2.05, 4.69) is 48.5 Å². The van der Waals surface area contributed by atoms with Crippen LogP contribution in [0.3, 0.4) is 0 Å². The van der Waals surface area contributed by atoms with Gasteiger partial charge in [0.05, 0.1) is 13.2 Å². The zero-order chi connectivity index (χ0) is 15.9. The van der Waals surface area contributed by atoms with Crippen LogP contribution in [-0.4, -0.2) is 13.2 Å². The second kappa shape index (κ2) is 5.55. The van der Waals surface area contributed by atoms with Crippen LogP contribution in [0.4, 0.5) is 0 Å². The van der Waals surface area contributed by atoms with E-state index in [1.54, 1.807) is 0 Å². The van der Waals surface area contributed by atoms with E-state index < -0.39 is 0 Å². The SMILES string of the molecule is c1cc2ccc3cccc4c5c(c(c1)c2c34)OCCCCCCO5. The summed E-state index contributed by atoms with van der Waals surface area (Å²) < 4.78 is 12.5. The van der Waals surface area contributed by atoms with Gasteiger partial charge in [0.15, 0.2) is 11.5 Å². The van der Waals surface area contributed by atoms with E-state index in [-0.39, 0.29) is 0 Å². The van der Waals surface area contributed by atoms with Crippen molar-refractivity contribution < 1.29 is 9.47 Å². The molecule has 1 heterocycles. The van der Waals surface area contributed by atoms with E-state index in [9.17, 15) is 0 Å². The van der Waals surface area contributed by atoms with E-state index in [0.717, 1.165) is 37.6 Å². The third-order valence-corrected chi connectivity index (χ3v) is 5.11. The molecular formula is C22H20O2. The molecule has 1 aliphatic rings. The average Bonchev–Trinajstić information content (AvgIpc) is 2.64. The molecule has 0 aromatic heterocycles. The molecule has 2 nitrogen and oxygen atoms in total. The molecule has 0 unspecified atom stereocenters. The van der Waals surface area contributed by atoms with Crippen LogP contribution in [0.5, 0.6) is 11.5 Å². The maximum atomic E-state index is 6.26. The van der Waals surface area contributed by atoms with Crippen molar-refractivity contribution in [1.82, 2.24) is 0 Å². The van der Waals surface area contributed by atoms with Crippen molar-refractivity contribution in [2.24, 2.45) is 0 Å². The molecule has 0 saturated heterocycles. The van der Waals surface area contributed by atoms with Crippen LogP contribution in [0.25, 0.3) is 32.3 Å². The third-order valence-electron chi connectivity index (χ3n) is 5.11. The van der Waals surface area contributed by atoms with Crippen molar-refractivity contribution in [2.45, 2.75) is 25.7 Å². The van der Waals surface area contributed by atoms with Crippen molar-refractivity contribution >= 4 is 32.3 Å². The highest BCUT2D eigenvalue weighted by Gasteiger charge is 2.20. The first-order valence-electron chi connectivity index (χ1n) is 8.88. The summed E-state index contributed by atoms with van der Waals surface area (Å²) in [6.45, 7) is 1.52. The highest BCUT2D eigenvalue weighted by Crippen LogP contribution is 2.47. The highest BCUT2D eigenvalue weighted by atomic mass is 16.5. The summed E-state index contributed by atoms with van der Waals surface area (Å²) >= 11 is 0. The van der Waals surface area contributed by atoms with E-state index >= 15 is 0 Å². The Hall–Kier alpha value is -2.48.